The number of hydrogen-bond donors (Lipinski definition) is 3. The van der Waals surface area contributed by atoms with E-state index in [9.17, 15) is 4.79 Å². The molecule has 0 heterocycles. The van der Waals surface area contributed by atoms with Gasteiger partial charge in [0.25, 0.3) is 0 Å². The maximum atomic E-state index is 11.1. The van der Waals surface area contributed by atoms with Gasteiger partial charge in [-0.1, -0.05) is 0 Å². The normalized spacial score (nSPS) is 14.3. The molecule has 16 heavy (non-hydrogen) atoms. The lowest BCUT2D eigenvalue weighted by Gasteiger charge is -2.07. The van der Waals surface area contributed by atoms with Crippen molar-refractivity contribution in [1.29, 1.82) is 0 Å². The predicted molar refractivity (Wildman–Crippen MR) is 65.7 cm³/mol. The molecule has 2 amide bonds. The molecule has 4 nitrogen and oxygen atoms in total. The fourth-order valence-corrected chi connectivity index (χ4v) is 1.45. The van der Waals surface area contributed by atoms with Gasteiger partial charge in [0.05, 0.1) is 0 Å². The van der Waals surface area contributed by atoms with Crippen LogP contribution in [0.15, 0.2) is 24.3 Å². The van der Waals surface area contributed by atoms with E-state index in [2.05, 4.69) is 16.0 Å². The van der Waals surface area contributed by atoms with Gasteiger partial charge < -0.3 is 16.0 Å². The maximum Gasteiger partial charge on any atom is 0.318 e. The van der Waals surface area contributed by atoms with Gasteiger partial charge in [-0.2, -0.15) is 0 Å². The number of hydrogen-bond acceptors (Lipinski definition) is 2. The minimum Gasteiger partial charge on any atom is -0.385 e. The molecule has 1 fully saturated rings. The van der Waals surface area contributed by atoms with Crippen molar-refractivity contribution in [2.75, 3.05) is 24.2 Å². The van der Waals surface area contributed by atoms with Crippen LogP contribution >= 0.6 is 0 Å². The first-order valence-corrected chi connectivity index (χ1v) is 5.60. The van der Waals surface area contributed by atoms with Gasteiger partial charge in [-0.05, 0) is 43.0 Å². The summed E-state index contributed by atoms with van der Waals surface area (Å²) < 4.78 is 0. The highest BCUT2D eigenvalue weighted by Crippen LogP contribution is 2.29. The van der Waals surface area contributed by atoms with Gasteiger partial charge >= 0.3 is 6.03 Å². The molecule has 1 aliphatic rings. The van der Waals surface area contributed by atoms with E-state index in [4.69, 9.17) is 0 Å². The molecule has 1 aromatic rings. The monoisotopic (exact) mass is 219 g/mol. The summed E-state index contributed by atoms with van der Waals surface area (Å²) >= 11 is 0. The number of carbonyl (C=O) groups is 1. The van der Waals surface area contributed by atoms with Crippen LogP contribution in [0, 0.1) is 5.92 Å². The summed E-state index contributed by atoms with van der Waals surface area (Å²) in [4.78, 5) is 11.1. The second-order valence-electron chi connectivity index (χ2n) is 4.11. The predicted octanol–water partition coefficient (Wildman–Crippen LogP) is 2.26. The van der Waals surface area contributed by atoms with Gasteiger partial charge in [-0.15, -0.1) is 0 Å². The summed E-state index contributed by atoms with van der Waals surface area (Å²) in [5.74, 6) is 0.865. The Hall–Kier alpha value is -1.71. The molecule has 0 saturated heterocycles. The number of rotatable bonds is 4. The SMILES string of the molecule is CNC(=O)Nc1ccc(NCC2CC2)cc1. The second-order valence-corrected chi connectivity index (χ2v) is 4.11. The Morgan fingerprint density at radius 2 is 1.88 bits per heavy atom. The highest BCUT2D eigenvalue weighted by Gasteiger charge is 2.20. The van der Waals surface area contributed by atoms with Crippen LogP contribution in [-0.4, -0.2) is 19.6 Å². The van der Waals surface area contributed by atoms with Crippen molar-refractivity contribution < 1.29 is 4.79 Å². The van der Waals surface area contributed by atoms with Gasteiger partial charge in [0.1, 0.15) is 0 Å². The summed E-state index contributed by atoms with van der Waals surface area (Å²) in [5.41, 5.74) is 1.91. The van der Waals surface area contributed by atoms with E-state index in [-0.39, 0.29) is 6.03 Å². The number of anilines is 2. The fraction of sp³-hybridized carbons (Fsp3) is 0.417. The largest absolute Gasteiger partial charge is 0.385 e. The average molecular weight is 219 g/mol. The van der Waals surface area contributed by atoms with Crippen LogP contribution in [0.2, 0.25) is 0 Å². The lowest BCUT2D eigenvalue weighted by Crippen LogP contribution is -2.24. The number of nitrogens with one attached hydrogen (secondary N) is 3. The summed E-state index contributed by atoms with van der Waals surface area (Å²) in [6.45, 7) is 1.06. The fourth-order valence-electron chi connectivity index (χ4n) is 1.45. The average Bonchev–Trinajstić information content (AvgIpc) is 3.12. The Morgan fingerprint density at radius 3 is 2.44 bits per heavy atom. The van der Waals surface area contributed by atoms with E-state index in [1.165, 1.54) is 12.8 Å². The van der Waals surface area contributed by atoms with Crippen LogP contribution in [-0.2, 0) is 0 Å². The zero-order chi connectivity index (χ0) is 11.4. The zero-order valence-electron chi connectivity index (χ0n) is 9.42. The van der Waals surface area contributed by atoms with Crippen LogP contribution in [0.3, 0.4) is 0 Å². The third-order valence-corrected chi connectivity index (χ3v) is 2.66. The standard InChI is InChI=1S/C12H17N3O/c1-13-12(16)15-11-6-4-10(5-7-11)14-8-9-2-3-9/h4-7,9,14H,2-3,8H2,1H3,(H2,13,15,16). The number of amides is 2. The molecular formula is C12H17N3O. The molecule has 0 radical (unpaired) electrons. The molecule has 0 aromatic heterocycles. The van der Waals surface area contributed by atoms with Crippen molar-refractivity contribution in [2.45, 2.75) is 12.8 Å². The molecule has 86 valence electrons. The van der Waals surface area contributed by atoms with Crippen molar-refractivity contribution >= 4 is 17.4 Å². The highest BCUT2D eigenvalue weighted by molar-refractivity contribution is 5.89. The third kappa shape index (κ3) is 3.15. The summed E-state index contributed by atoms with van der Waals surface area (Å²) in [7, 11) is 1.60. The van der Waals surface area contributed by atoms with E-state index in [1.807, 2.05) is 24.3 Å². The first-order chi connectivity index (χ1) is 7.78. The Bertz CT molecular complexity index is 357. The zero-order valence-corrected chi connectivity index (χ0v) is 9.42. The van der Waals surface area contributed by atoms with Crippen molar-refractivity contribution in [1.82, 2.24) is 5.32 Å². The van der Waals surface area contributed by atoms with E-state index in [0.29, 0.717) is 0 Å². The lowest BCUT2D eigenvalue weighted by molar-refractivity contribution is 0.254. The van der Waals surface area contributed by atoms with Crippen LogP contribution in [0.4, 0.5) is 16.2 Å². The molecule has 3 N–H and O–H groups in total. The summed E-state index contributed by atoms with van der Waals surface area (Å²) in [5, 5.41) is 8.60. The molecule has 0 unspecified atom stereocenters. The van der Waals surface area contributed by atoms with Crippen LogP contribution in [0.1, 0.15) is 12.8 Å². The first kappa shape index (κ1) is 10.8. The molecule has 1 saturated carbocycles. The molecule has 0 aliphatic heterocycles. The number of urea groups is 1. The van der Waals surface area contributed by atoms with E-state index in [1.54, 1.807) is 7.05 Å². The molecule has 0 atom stereocenters. The smallest absolute Gasteiger partial charge is 0.318 e. The Morgan fingerprint density at radius 1 is 1.25 bits per heavy atom. The third-order valence-electron chi connectivity index (χ3n) is 2.66. The van der Waals surface area contributed by atoms with Gasteiger partial charge in [-0.3, -0.25) is 0 Å². The van der Waals surface area contributed by atoms with Gasteiger partial charge in [0, 0.05) is 25.0 Å². The lowest BCUT2D eigenvalue weighted by atomic mass is 10.2. The molecule has 2 rings (SSSR count). The quantitative estimate of drug-likeness (QED) is 0.727. The Labute approximate surface area is 95.4 Å². The molecule has 1 aliphatic carbocycles. The maximum absolute atomic E-state index is 11.1. The molecule has 0 spiro atoms. The van der Waals surface area contributed by atoms with Crippen molar-refractivity contribution in [3.05, 3.63) is 24.3 Å². The van der Waals surface area contributed by atoms with Gasteiger partial charge in [0.15, 0.2) is 0 Å². The highest BCUT2D eigenvalue weighted by atomic mass is 16.2. The Kier molecular flexibility index (Phi) is 3.29. The van der Waals surface area contributed by atoms with Crippen LogP contribution < -0.4 is 16.0 Å². The second kappa shape index (κ2) is 4.88. The topological polar surface area (TPSA) is 53.2 Å². The van der Waals surface area contributed by atoms with Gasteiger partial charge in [0.2, 0.25) is 0 Å². The number of carbonyl (C=O) groups excluding carboxylic acids is 1. The van der Waals surface area contributed by atoms with Crippen molar-refractivity contribution in [3.63, 3.8) is 0 Å². The van der Waals surface area contributed by atoms with Crippen molar-refractivity contribution in [2.24, 2.45) is 5.92 Å². The minimum atomic E-state index is -0.196. The van der Waals surface area contributed by atoms with E-state index < -0.39 is 0 Å². The van der Waals surface area contributed by atoms with Crippen molar-refractivity contribution in [3.8, 4) is 0 Å². The van der Waals surface area contributed by atoms with Crippen LogP contribution in [0.25, 0.3) is 0 Å². The molecule has 0 bridgehead atoms. The summed E-state index contributed by atoms with van der Waals surface area (Å²) in [6, 6.07) is 7.55. The number of benzene rings is 1. The van der Waals surface area contributed by atoms with E-state index >= 15 is 0 Å². The van der Waals surface area contributed by atoms with Crippen LogP contribution in [0.5, 0.6) is 0 Å². The van der Waals surface area contributed by atoms with Gasteiger partial charge in [-0.25, -0.2) is 4.79 Å². The molecule has 4 heteroatoms. The molecule has 1 aromatic carbocycles. The molecular weight excluding hydrogens is 202 g/mol. The van der Waals surface area contributed by atoms with E-state index in [0.717, 1.165) is 23.8 Å². The minimum absolute atomic E-state index is 0.196. The Balaban J connectivity index is 1.85. The first-order valence-electron chi connectivity index (χ1n) is 5.60. The summed E-state index contributed by atoms with van der Waals surface area (Å²) in [6.07, 6.45) is 2.70.